The number of anilines is 1. The molecule has 0 unspecified atom stereocenters. The van der Waals surface area contributed by atoms with Crippen LogP contribution in [0, 0.1) is 10.1 Å². The standard InChI is InChI=1S/C12H12F3N3O6/c1-11(2)16(6-10(19)20)24-18(23-11)7-3-4-9(17(21)22)8(5-7)12(13,14)15/h3-5H,6H2,1-2H3,(H,19,20). The first-order valence-electron chi connectivity index (χ1n) is 6.44. The molecule has 0 amide bonds. The number of halogens is 3. The molecule has 0 bridgehead atoms. The van der Waals surface area contributed by atoms with E-state index in [4.69, 9.17) is 14.9 Å². The third-order valence-electron chi connectivity index (χ3n) is 3.05. The maximum absolute atomic E-state index is 13.0. The first-order chi connectivity index (χ1) is 10.9. The van der Waals surface area contributed by atoms with Crippen LogP contribution in [-0.4, -0.2) is 33.3 Å². The SMILES string of the molecule is CC1(C)ON(c2ccc([N+](=O)[O-])c(C(F)(F)F)c2)ON1CC(=O)O. The van der Waals surface area contributed by atoms with Crippen molar-refractivity contribution in [2.24, 2.45) is 0 Å². The molecular formula is C12H12F3N3O6. The molecule has 1 aliphatic heterocycles. The minimum Gasteiger partial charge on any atom is -0.480 e. The Balaban J connectivity index is 2.37. The topological polar surface area (TPSA) is 105 Å². The van der Waals surface area contributed by atoms with Crippen molar-refractivity contribution in [2.45, 2.75) is 25.7 Å². The van der Waals surface area contributed by atoms with E-state index in [9.17, 15) is 28.1 Å². The van der Waals surface area contributed by atoms with Crippen LogP contribution in [0.3, 0.4) is 0 Å². The van der Waals surface area contributed by atoms with Crippen molar-refractivity contribution in [1.29, 1.82) is 0 Å². The summed E-state index contributed by atoms with van der Waals surface area (Å²) in [5.74, 6) is -1.24. The van der Waals surface area contributed by atoms with Gasteiger partial charge in [0.05, 0.1) is 10.6 Å². The average molecular weight is 351 g/mol. The third kappa shape index (κ3) is 3.55. The van der Waals surface area contributed by atoms with Gasteiger partial charge in [-0.05, 0) is 26.0 Å². The molecule has 0 spiro atoms. The van der Waals surface area contributed by atoms with Crippen molar-refractivity contribution in [3.63, 3.8) is 0 Å². The molecule has 9 nitrogen and oxygen atoms in total. The van der Waals surface area contributed by atoms with Crippen LogP contribution in [0.5, 0.6) is 0 Å². The third-order valence-corrected chi connectivity index (χ3v) is 3.05. The zero-order valence-corrected chi connectivity index (χ0v) is 12.4. The molecular weight excluding hydrogens is 339 g/mol. The van der Waals surface area contributed by atoms with Crippen molar-refractivity contribution >= 4 is 17.3 Å². The number of carbonyl (C=O) groups is 1. The minimum absolute atomic E-state index is 0.283. The van der Waals surface area contributed by atoms with Crippen molar-refractivity contribution in [3.8, 4) is 0 Å². The second-order valence-electron chi connectivity index (χ2n) is 5.26. The molecule has 1 aliphatic rings. The summed E-state index contributed by atoms with van der Waals surface area (Å²) in [7, 11) is 0. The smallest absolute Gasteiger partial charge is 0.423 e. The summed E-state index contributed by atoms with van der Waals surface area (Å²) < 4.78 is 39.0. The summed E-state index contributed by atoms with van der Waals surface area (Å²) in [6.07, 6.45) is -4.96. The molecule has 1 fully saturated rings. The Morgan fingerprint density at radius 2 is 2.04 bits per heavy atom. The van der Waals surface area contributed by atoms with Crippen LogP contribution in [0.4, 0.5) is 24.5 Å². The highest BCUT2D eigenvalue weighted by atomic mass is 19.4. The molecule has 1 saturated heterocycles. The number of alkyl halides is 3. The Hall–Kier alpha value is -2.44. The quantitative estimate of drug-likeness (QED) is 0.651. The van der Waals surface area contributed by atoms with Crippen molar-refractivity contribution in [3.05, 3.63) is 33.9 Å². The fraction of sp³-hybridized carbons (Fsp3) is 0.417. The molecule has 12 heteroatoms. The van der Waals surface area contributed by atoms with Crippen LogP contribution < -0.4 is 5.23 Å². The highest BCUT2D eigenvalue weighted by Crippen LogP contribution is 2.40. The van der Waals surface area contributed by atoms with Gasteiger partial charge in [-0.25, -0.2) is 4.84 Å². The van der Waals surface area contributed by atoms with Gasteiger partial charge in [0.25, 0.3) is 5.69 Å². The summed E-state index contributed by atoms with van der Waals surface area (Å²) in [6.45, 7) is 2.28. The van der Waals surface area contributed by atoms with E-state index in [1.807, 2.05) is 0 Å². The zero-order valence-electron chi connectivity index (χ0n) is 12.4. The number of nitro groups is 1. The Labute approximate surface area is 132 Å². The first-order valence-corrected chi connectivity index (χ1v) is 6.44. The van der Waals surface area contributed by atoms with Gasteiger partial charge in [0, 0.05) is 6.07 Å². The summed E-state index contributed by atoms with van der Waals surface area (Å²) in [5, 5.41) is 21.0. The van der Waals surface area contributed by atoms with Gasteiger partial charge in [0.15, 0.2) is 5.72 Å². The van der Waals surface area contributed by atoms with Crippen LogP contribution in [0.25, 0.3) is 0 Å². The lowest BCUT2D eigenvalue weighted by Crippen LogP contribution is -2.41. The minimum atomic E-state index is -4.96. The Kier molecular flexibility index (Phi) is 4.39. The Morgan fingerprint density at radius 3 is 2.54 bits per heavy atom. The van der Waals surface area contributed by atoms with E-state index in [1.165, 1.54) is 13.8 Å². The maximum Gasteiger partial charge on any atom is 0.423 e. The molecule has 132 valence electrons. The number of carboxylic acid groups (broad SMARTS) is 1. The molecule has 0 saturated carbocycles. The number of hydrogen-bond donors (Lipinski definition) is 1. The van der Waals surface area contributed by atoms with Gasteiger partial charge in [0.1, 0.15) is 12.1 Å². The number of hydrogen-bond acceptors (Lipinski definition) is 7. The van der Waals surface area contributed by atoms with E-state index >= 15 is 0 Å². The number of hydroxylamine groups is 2. The predicted octanol–water partition coefficient (Wildman–Crippen LogP) is 2.33. The molecule has 0 radical (unpaired) electrons. The molecule has 0 atom stereocenters. The van der Waals surface area contributed by atoms with Gasteiger partial charge in [0.2, 0.25) is 0 Å². The summed E-state index contributed by atoms with van der Waals surface area (Å²) >= 11 is 0. The van der Waals surface area contributed by atoms with E-state index in [0.717, 1.165) is 11.1 Å². The monoisotopic (exact) mass is 351 g/mol. The summed E-state index contributed by atoms with van der Waals surface area (Å²) in [5.41, 5.74) is -4.16. The number of rotatable bonds is 4. The summed E-state index contributed by atoms with van der Waals surface area (Å²) in [4.78, 5) is 30.7. The lowest BCUT2D eigenvalue weighted by atomic mass is 10.1. The first kappa shape index (κ1) is 17.9. The summed E-state index contributed by atoms with van der Waals surface area (Å²) in [6, 6.07) is 2.14. The van der Waals surface area contributed by atoms with E-state index in [1.54, 1.807) is 0 Å². The Morgan fingerprint density at radius 1 is 1.42 bits per heavy atom. The van der Waals surface area contributed by atoms with Crippen LogP contribution in [-0.2, 0) is 20.7 Å². The van der Waals surface area contributed by atoms with E-state index < -0.39 is 40.6 Å². The second kappa shape index (κ2) is 5.89. The van der Waals surface area contributed by atoms with Crippen LogP contribution >= 0.6 is 0 Å². The fourth-order valence-corrected chi connectivity index (χ4v) is 1.92. The molecule has 0 aliphatic carbocycles. The van der Waals surface area contributed by atoms with E-state index in [0.29, 0.717) is 17.4 Å². The van der Waals surface area contributed by atoms with Crippen LogP contribution in [0.2, 0.25) is 0 Å². The number of aliphatic carboxylic acids is 1. The lowest BCUT2D eigenvalue weighted by Gasteiger charge is -2.21. The van der Waals surface area contributed by atoms with E-state index in [-0.39, 0.29) is 5.69 Å². The largest absolute Gasteiger partial charge is 0.480 e. The van der Waals surface area contributed by atoms with Crippen LogP contribution in [0.15, 0.2) is 18.2 Å². The van der Waals surface area contributed by atoms with Gasteiger partial charge in [-0.2, -0.15) is 18.1 Å². The molecule has 0 aromatic heterocycles. The number of benzene rings is 1. The lowest BCUT2D eigenvalue weighted by molar-refractivity contribution is -0.388. The second-order valence-corrected chi connectivity index (χ2v) is 5.26. The average Bonchev–Trinajstić information content (AvgIpc) is 2.71. The molecule has 1 N–H and O–H groups in total. The van der Waals surface area contributed by atoms with E-state index in [2.05, 4.69) is 0 Å². The van der Waals surface area contributed by atoms with Gasteiger partial charge >= 0.3 is 12.1 Å². The molecule has 1 aromatic rings. The zero-order chi connectivity index (χ0) is 18.3. The molecule has 1 heterocycles. The molecule has 24 heavy (non-hydrogen) atoms. The van der Waals surface area contributed by atoms with Gasteiger partial charge in [-0.1, -0.05) is 0 Å². The van der Waals surface area contributed by atoms with Gasteiger partial charge < -0.3 is 5.11 Å². The van der Waals surface area contributed by atoms with Crippen molar-refractivity contribution in [1.82, 2.24) is 5.06 Å². The van der Waals surface area contributed by atoms with Gasteiger partial charge in [-0.3, -0.25) is 14.9 Å². The number of nitrogens with zero attached hydrogens (tertiary/aromatic N) is 3. The molecule has 1 aromatic carbocycles. The number of nitro benzene ring substituents is 1. The van der Waals surface area contributed by atoms with Gasteiger partial charge in [-0.15, -0.1) is 10.3 Å². The molecule has 2 rings (SSSR count). The number of carboxylic acids is 1. The predicted molar refractivity (Wildman–Crippen MR) is 71.2 cm³/mol. The normalized spacial score (nSPS) is 18.0. The highest BCUT2D eigenvalue weighted by molar-refractivity contribution is 5.69. The fourth-order valence-electron chi connectivity index (χ4n) is 1.92. The highest BCUT2D eigenvalue weighted by Gasteiger charge is 2.44. The van der Waals surface area contributed by atoms with Crippen LogP contribution in [0.1, 0.15) is 19.4 Å². The van der Waals surface area contributed by atoms with Crippen molar-refractivity contribution in [2.75, 3.05) is 11.8 Å². The maximum atomic E-state index is 13.0. The van der Waals surface area contributed by atoms with Crippen molar-refractivity contribution < 1.29 is 37.8 Å². The Bertz CT molecular complexity index is 678.